The second-order valence-corrected chi connectivity index (χ2v) is 8.28. The third kappa shape index (κ3) is 4.19. The number of aliphatic hydroxyl groups excluding tert-OH is 1. The summed E-state index contributed by atoms with van der Waals surface area (Å²) in [5.41, 5.74) is 1.44. The van der Waals surface area contributed by atoms with Crippen LogP contribution in [0.3, 0.4) is 0 Å². The molecule has 6 nitrogen and oxygen atoms in total. The van der Waals surface area contributed by atoms with Gasteiger partial charge in [0.25, 0.3) is 11.7 Å². The van der Waals surface area contributed by atoms with E-state index in [1.807, 2.05) is 30.3 Å². The molecule has 0 aliphatic carbocycles. The van der Waals surface area contributed by atoms with Gasteiger partial charge in [-0.1, -0.05) is 58.4 Å². The molecule has 1 amide bonds. The van der Waals surface area contributed by atoms with Crippen molar-refractivity contribution in [3.05, 3.63) is 75.8 Å². The van der Waals surface area contributed by atoms with E-state index >= 15 is 0 Å². The number of aliphatic hydroxyl groups is 1. The van der Waals surface area contributed by atoms with Gasteiger partial charge in [0, 0.05) is 36.2 Å². The summed E-state index contributed by atoms with van der Waals surface area (Å²) >= 11 is 3.38. The highest BCUT2D eigenvalue weighted by molar-refractivity contribution is 9.10. The maximum Gasteiger partial charge on any atom is 0.295 e. The maximum atomic E-state index is 13.0. The number of ether oxygens (including phenoxy) is 1. The van der Waals surface area contributed by atoms with Crippen molar-refractivity contribution in [3.63, 3.8) is 0 Å². The van der Waals surface area contributed by atoms with Crippen LogP contribution in [0.5, 0.6) is 0 Å². The van der Waals surface area contributed by atoms with Crippen molar-refractivity contribution in [1.82, 2.24) is 9.80 Å². The first-order chi connectivity index (χ1) is 14.6. The van der Waals surface area contributed by atoms with Crippen LogP contribution in [0, 0.1) is 0 Å². The summed E-state index contributed by atoms with van der Waals surface area (Å²) in [6.07, 6.45) is 0. The van der Waals surface area contributed by atoms with Gasteiger partial charge < -0.3 is 14.7 Å². The number of morpholine rings is 1. The predicted octanol–water partition coefficient (Wildman–Crippen LogP) is 3.20. The average molecular weight is 471 g/mol. The van der Waals surface area contributed by atoms with Crippen LogP contribution < -0.4 is 0 Å². The first-order valence-corrected chi connectivity index (χ1v) is 10.7. The van der Waals surface area contributed by atoms with Crippen LogP contribution >= 0.6 is 15.9 Å². The first kappa shape index (κ1) is 20.8. The Bertz CT molecular complexity index is 953. The Kier molecular flexibility index (Phi) is 6.32. The van der Waals surface area contributed by atoms with Gasteiger partial charge in [-0.25, -0.2) is 0 Å². The summed E-state index contributed by atoms with van der Waals surface area (Å²) in [4.78, 5) is 29.7. The number of nitrogens with zero attached hydrogens (tertiary/aromatic N) is 2. The molecule has 0 bridgehead atoms. The lowest BCUT2D eigenvalue weighted by molar-refractivity contribution is -0.140. The Morgan fingerprint density at radius 3 is 2.33 bits per heavy atom. The highest BCUT2D eigenvalue weighted by Crippen LogP contribution is 2.39. The van der Waals surface area contributed by atoms with Gasteiger partial charge in [0.05, 0.1) is 24.8 Å². The van der Waals surface area contributed by atoms with Gasteiger partial charge in [-0.05, 0) is 17.7 Å². The van der Waals surface area contributed by atoms with Crippen LogP contribution in [0.1, 0.15) is 17.2 Å². The molecule has 1 N–H and O–H groups in total. The van der Waals surface area contributed by atoms with E-state index in [4.69, 9.17) is 4.74 Å². The number of benzene rings is 2. The number of carbonyl (C=O) groups excluding carboxylic acids is 2. The molecule has 2 heterocycles. The summed E-state index contributed by atoms with van der Waals surface area (Å²) in [5.74, 6) is -1.37. The minimum atomic E-state index is -0.647. The summed E-state index contributed by atoms with van der Waals surface area (Å²) in [5, 5.41) is 11.0. The average Bonchev–Trinajstić information content (AvgIpc) is 3.04. The molecule has 2 aromatic rings. The zero-order chi connectivity index (χ0) is 21.1. The van der Waals surface area contributed by atoms with E-state index in [2.05, 4.69) is 20.8 Å². The van der Waals surface area contributed by atoms with Crippen molar-refractivity contribution in [2.75, 3.05) is 39.4 Å². The fraction of sp³-hybridized carbons (Fsp3) is 0.304. The van der Waals surface area contributed by atoms with E-state index in [1.165, 1.54) is 0 Å². The normalized spacial score (nSPS) is 21.9. The highest BCUT2D eigenvalue weighted by atomic mass is 79.9. The van der Waals surface area contributed by atoms with Crippen LogP contribution in [0.15, 0.2) is 64.6 Å². The molecule has 156 valence electrons. The molecular formula is C23H23BrN2O4. The Balaban J connectivity index is 1.71. The molecule has 0 aromatic heterocycles. The van der Waals surface area contributed by atoms with Crippen molar-refractivity contribution in [2.24, 2.45) is 0 Å². The van der Waals surface area contributed by atoms with E-state index in [0.717, 1.165) is 23.1 Å². The summed E-state index contributed by atoms with van der Waals surface area (Å²) in [7, 11) is 0. The smallest absolute Gasteiger partial charge is 0.295 e. The van der Waals surface area contributed by atoms with Crippen LogP contribution in [-0.4, -0.2) is 66.0 Å². The molecule has 2 aliphatic heterocycles. The van der Waals surface area contributed by atoms with Gasteiger partial charge in [-0.15, -0.1) is 0 Å². The highest BCUT2D eigenvalue weighted by Gasteiger charge is 2.45. The number of likely N-dealkylation sites (tertiary alicyclic amines) is 1. The van der Waals surface area contributed by atoms with Gasteiger partial charge in [-0.3, -0.25) is 14.5 Å². The number of hydrogen-bond acceptors (Lipinski definition) is 5. The van der Waals surface area contributed by atoms with Crippen LogP contribution in [-0.2, 0) is 14.3 Å². The molecule has 0 saturated carbocycles. The van der Waals surface area contributed by atoms with Crippen molar-refractivity contribution >= 4 is 33.4 Å². The quantitative estimate of drug-likeness (QED) is 0.412. The molecule has 1 atom stereocenters. The molecule has 4 rings (SSSR count). The fourth-order valence-corrected chi connectivity index (χ4v) is 4.19. The molecule has 2 fully saturated rings. The Morgan fingerprint density at radius 2 is 1.67 bits per heavy atom. The minimum Gasteiger partial charge on any atom is -0.507 e. The van der Waals surface area contributed by atoms with E-state index in [1.54, 1.807) is 29.2 Å². The number of amides is 1. The van der Waals surface area contributed by atoms with Crippen molar-refractivity contribution in [3.8, 4) is 0 Å². The predicted molar refractivity (Wildman–Crippen MR) is 117 cm³/mol. The fourth-order valence-electron chi connectivity index (χ4n) is 3.93. The van der Waals surface area contributed by atoms with Gasteiger partial charge in [0.1, 0.15) is 5.76 Å². The largest absolute Gasteiger partial charge is 0.507 e. The van der Waals surface area contributed by atoms with E-state index in [9.17, 15) is 14.7 Å². The van der Waals surface area contributed by atoms with Gasteiger partial charge in [0.15, 0.2) is 0 Å². The molecule has 2 aliphatic rings. The maximum absolute atomic E-state index is 13.0. The van der Waals surface area contributed by atoms with E-state index < -0.39 is 17.7 Å². The third-order valence-electron chi connectivity index (χ3n) is 5.53. The standard InChI is InChI=1S/C23H23BrN2O4/c24-18-8-6-17(7-9-18)21(27)19-20(16-4-2-1-3-5-16)26(23(29)22(19)28)11-10-25-12-14-30-15-13-25/h1-9,20,27H,10-15H2/b21-19+/t20-/m0/s1. The van der Waals surface area contributed by atoms with Crippen molar-refractivity contribution in [2.45, 2.75) is 6.04 Å². The molecule has 30 heavy (non-hydrogen) atoms. The summed E-state index contributed by atoms with van der Waals surface area (Å²) in [6, 6.07) is 15.8. The molecular weight excluding hydrogens is 448 g/mol. The zero-order valence-electron chi connectivity index (χ0n) is 16.5. The Labute approximate surface area is 183 Å². The number of hydrogen-bond donors (Lipinski definition) is 1. The lowest BCUT2D eigenvalue weighted by atomic mass is 9.95. The molecule has 0 radical (unpaired) electrons. The monoisotopic (exact) mass is 470 g/mol. The first-order valence-electron chi connectivity index (χ1n) is 9.95. The molecule has 2 saturated heterocycles. The number of Topliss-reactive ketones (excluding diaryl/α,β-unsaturated/α-hetero) is 1. The Morgan fingerprint density at radius 1 is 1.00 bits per heavy atom. The molecule has 7 heteroatoms. The molecule has 0 unspecified atom stereocenters. The van der Waals surface area contributed by atoms with Gasteiger partial charge in [0.2, 0.25) is 0 Å². The van der Waals surface area contributed by atoms with Gasteiger partial charge in [-0.2, -0.15) is 0 Å². The number of carbonyl (C=O) groups is 2. The zero-order valence-corrected chi connectivity index (χ0v) is 18.0. The third-order valence-corrected chi connectivity index (χ3v) is 6.06. The number of halogens is 1. The van der Waals surface area contributed by atoms with Crippen molar-refractivity contribution < 1.29 is 19.4 Å². The SMILES string of the molecule is O=C1C(=O)N(CCN2CCOCC2)[C@@H](c2ccccc2)/C1=C(\O)c1ccc(Br)cc1. The second-order valence-electron chi connectivity index (χ2n) is 7.36. The lowest BCUT2D eigenvalue weighted by Gasteiger charge is -2.31. The topological polar surface area (TPSA) is 70.1 Å². The number of rotatable bonds is 5. The lowest BCUT2D eigenvalue weighted by Crippen LogP contribution is -2.42. The van der Waals surface area contributed by atoms with Gasteiger partial charge >= 0.3 is 0 Å². The number of ketones is 1. The Hall–Kier alpha value is -2.48. The molecule has 2 aromatic carbocycles. The van der Waals surface area contributed by atoms with Crippen LogP contribution in [0.2, 0.25) is 0 Å². The van der Waals surface area contributed by atoms with Crippen molar-refractivity contribution in [1.29, 1.82) is 0 Å². The van der Waals surface area contributed by atoms with Crippen LogP contribution in [0.4, 0.5) is 0 Å². The van der Waals surface area contributed by atoms with E-state index in [0.29, 0.717) is 31.9 Å². The van der Waals surface area contributed by atoms with Crippen LogP contribution in [0.25, 0.3) is 5.76 Å². The minimum absolute atomic E-state index is 0.135. The van der Waals surface area contributed by atoms with E-state index in [-0.39, 0.29) is 11.3 Å². The second kappa shape index (κ2) is 9.12. The summed E-state index contributed by atoms with van der Waals surface area (Å²) < 4.78 is 6.25. The molecule has 0 spiro atoms. The summed E-state index contributed by atoms with van der Waals surface area (Å²) in [6.45, 7) is 4.01.